The Bertz CT molecular complexity index is 309. The van der Waals surface area contributed by atoms with Crippen LogP contribution >= 0.6 is 0 Å². The largest absolute Gasteiger partial charge is 0.382 e. The monoisotopic (exact) mass is 282 g/mol. The van der Waals surface area contributed by atoms with Gasteiger partial charge in [0.2, 0.25) is 0 Å². The molecule has 2 fully saturated rings. The summed E-state index contributed by atoms with van der Waals surface area (Å²) in [6.45, 7) is 16.9. The molecule has 1 saturated carbocycles. The van der Waals surface area contributed by atoms with Crippen molar-refractivity contribution in [2.45, 2.75) is 65.5 Å². The van der Waals surface area contributed by atoms with Crippen molar-refractivity contribution in [2.75, 3.05) is 32.8 Å². The zero-order valence-electron chi connectivity index (χ0n) is 14.2. The van der Waals surface area contributed by atoms with Gasteiger partial charge in [-0.2, -0.15) is 0 Å². The van der Waals surface area contributed by atoms with Gasteiger partial charge in [-0.15, -0.1) is 0 Å². The van der Waals surface area contributed by atoms with Crippen LogP contribution in [0.3, 0.4) is 0 Å². The SMILES string of the molecule is CCOCCCN1CC(C)(C2CC2)NCC1C(C)(C)C. The second-order valence-corrected chi connectivity index (χ2v) is 7.98. The standard InChI is InChI=1S/C17H34N2O/c1-6-20-11-7-10-19-13-17(5,14-8-9-14)18-12-15(19)16(2,3)4/h14-15,18H,6-13H2,1-5H3. The molecule has 1 heterocycles. The van der Waals surface area contributed by atoms with E-state index in [0.29, 0.717) is 17.0 Å². The molecule has 2 rings (SSSR count). The first-order valence-corrected chi connectivity index (χ1v) is 8.43. The van der Waals surface area contributed by atoms with Crippen LogP contribution in [0.25, 0.3) is 0 Å². The Balaban J connectivity index is 1.95. The highest BCUT2D eigenvalue weighted by Crippen LogP contribution is 2.42. The van der Waals surface area contributed by atoms with E-state index in [9.17, 15) is 0 Å². The second kappa shape index (κ2) is 6.33. The van der Waals surface area contributed by atoms with Crippen molar-refractivity contribution < 1.29 is 4.74 Å². The first-order chi connectivity index (χ1) is 9.37. The van der Waals surface area contributed by atoms with Crippen molar-refractivity contribution >= 4 is 0 Å². The van der Waals surface area contributed by atoms with Crippen molar-refractivity contribution in [1.29, 1.82) is 0 Å². The summed E-state index contributed by atoms with van der Waals surface area (Å²) in [4.78, 5) is 2.73. The van der Waals surface area contributed by atoms with Crippen LogP contribution < -0.4 is 5.32 Å². The highest BCUT2D eigenvalue weighted by molar-refractivity contribution is 5.05. The van der Waals surface area contributed by atoms with Crippen LogP contribution in [0, 0.1) is 11.3 Å². The predicted octanol–water partition coefficient (Wildman–Crippen LogP) is 2.90. The van der Waals surface area contributed by atoms with Crippen molar-refractivity contribution in [3.8, 4) is 0 Å². The van der Waals surface area contributed by atoms with Crippen LogP contribution in [0.2, 0.25) is 0 Å². The quantitative estimate of drug-likeness (QED) is 0.758. The summed E-state index contributed by atoms with van der Waals surface area (Å²) < 4.78 is 5.51. The van der Waals surface area contributed by atoms with Gasteiger partial charge >= 0.3 is 0 Å². The number of hydrogen-bond acceptors (Lipinski definition) is 3. The van der Waals surface area contributed by atoms with Crippen molar-refractivity contribution in [1.82, 2.24) is 10.2 Å². The lowest BCUT2D eigenvalue weighted by Crippen LogP contribution is -2.66. The third kappa shape index (κ3) is 3.96. The minimum atomic E-state index is 0.337. The number of hydrogen-bond donors (Lipinski definition) is 1. The fourth-order valence-corrected chi connectivity index (χ4v) is 3.64. The lowest BCUT2D eigenvalue weighted by Gasteiger charge is -2.51. The van der Waals surface area contributed by atoms with E-state index in [4.69, 9.17) is 4.74 Å². The maximum absolute atomic E-state index is 5.51. The van der Waals surface area contributed by atoms with Gasteiger partial charge in [0.15, 0.2) is 0 Å². The molecule has 1 N–H and O–H groups in total. The van der Waals surface area contributed by atoms with Crippen molar-refractivity contribution in [2.24, 2.45) is 11.3 Å². The molecule has 1 aliphatic carbocycles. The molecular weight excluding hydrogens is 248 g/mol. The molecule has 0 aromatic heterocycles. The maximum atomic E-state index is 5.51. The topological polar surface area (TPSA) is 24.5 Å². The molecule has 0 aromatic carbocycles. The van der Waals surface area contributed by atoms with Gasteiger partial charge in [0.05, 0.1) is 0 Å². The van der Waals surface area contributed by atoms with E-state index in [1.54, 1.807) is 0 Å². The molecule has 2 aliphatic rings. The fraction of sp³-hybridized carbons (Fsp3) is 1.00. The minimum absolute atomic E-state index is 0.337. The first-order valence-electron chi connectivity index (χ1n) is 8.43. The van der Waals surface area contributed by atoms with Gasteiger partial charge in [0, 0.05) is 44.4 Å². The Morgan fingerprint density at radius 3 is 2.55 bits per heavy atom. The molecule has 0 aromatic rings. The minimum Gasteiger partial charge on any atom is -0.382 e. The molecular formula is C17H34N2O. The van der Waals surface area contributed by atoms with E-state index in [-0.39, 0.29) is 0 Å². The van der Waals surface area contributed by atoms with Gasteiger partial charge in [-0.25, -0.2) is 0 Å². The van der Waals surface area contributed by atoms with E-state index in [2.05, 4.69) is 44.8 Å². The third-order valence-electron chi connectivity index (χ3n) is 5.09. The van der Waals surface area contributed by atoms with Gasteiger partial charge in [-0.05, 0) is 44.4 Å². The van der Waals surface area contributed by atoms with Gasteiger partial charge in [0.1, 0.15) is 0 Å². The number of nitrogens with zero attached hydrogens (tertiary/aromatic N) is 1. The van der Waals surface area contributed by atoms with Crippen LogP contribution in [0.1, 0.15) is 53.9 Å². The Kier molecular flexibility index (Phi) is 5.14. The zero-order valence-corrected chi connectivity index (χ0v) is 14.2. The smallest absolute Gasteiger partial charge is 0.0478 e. The highest BCUT2D eigenvalue weighted by Gasteiger charge is 2.47. The third-order valence-corrected chi connectivity index (χ3v) is 5.09. The molecule has 3 heteroatoms. The molecule has 3 nitrogen and oxygen atoms in total. The van der Waals surface area contributed by atoms with E-state index in [1.165, 1.54) is 25.9 Å². The summed E-state index contributed by atoms with van der Waals surface area (Å²) in [5.41, 5.74) is 0.677. The van der Waals surface area contributed by atoms with Gasteiger partial charge in [0.25, 0.3) is 0 Å². The Morgan fingerprint density at radius 1 is 1.30 bits per heavy atom. The van der Waals surface area contributed by atoms with Crippen molar-refractivity contribution in [3.63, 3.8) is 0 Å². The summed E-state index contributed by atoms with van der Waals surface area (Å²) in [6.07, 6.45) is 3.98. The molecule has 0 amide bonds. The van der Waals surface area contributed by atoms with Crippen LogP contribution in [0.5, 0.6) is 0 Å². The molecule has 1 aliphatic heterocycles. The molecule has 118 valence electrons. The highest BCUT2D eigenvalue weighted by atomic mass is 16.5. The second-order valence-electron chi connectivity index (χ2n) is 7.98. The average Bonchev–Trinajstić information content (AvgIpc) is 3.17. The van der Waals surface area contributed by atoms with Crippen LogP contribution in [-0.2, 0) is 4.74 Å². The molecule has 2 atom stereocenters. The Labute approximate surface area is 125 Å². The summed E-state index contributed by atoms with van der Waals surface area (Å²) >= 11 is 0. The van der Waals surface area contributed by atoms with E-state index in [1.807, 2.05) is 0 Å². The van der Waals surface area contributed by atoms with Crippen LogP contribution in [0.15, 0.2) is 0 Å². The number of ether oxygens (including phenoxy) is 1. The predicted molar refractivity (Wildman–Crippen MR) is 85.1 cm³/mol. The number of piperazine rings is 1. The summed E-state index contributed by atoms with van der Waals surface area (Å²) in [5.74, 6) is 0.901. The maximum Gasteiger partial charge on any atom is 0.0478 e. The number of rotatable bonds is 6. The first kappa shape index (κ1) is 16.3. The molecule has 1 saturated heterocycles. The molecule has 0 radical (unpaired) electrons. The lowest BCUT2D eigenvalue weighted by molar-refractivity contribution is 0.0136. The van der Waals surface area contributed by atoms with Gasteiger partial charge in [-0.1, -0.05) is 20.8 Å². The molecule has 20 heavy (non-hydrogen) atoms. The Morgan fingerprint density at radius 2 is 2.00 bits per heavy atom. The summed E-state index contributed by atoms with van der Waals surface area (Å²) in [5, 5.41) is 3.87. The van der Waals surface area contributed by atoms with Crippen LogP contribution in [0.4, 0.5) is 0 Å². The summed E-state index contributed by atoms with van der Waals surface area (Å²) in [7, 11) is 0. The van der Waals surface area contributed by atoms with Gasteiger partial charge in [-0.3, -0.25) is 4.90 Å². The Hall–Kier alpha value is -0.120. The molecule has 0 spiro atoms. The lowest BCUT2D eigenvalue weighted by atomic mass is 9.80. The number of nitrogens with one attached hydrogen (secondary N) is 1. The summed E-state index contributed by atoms with van der Waals surface area (Å²) in [6, 6.07) is 0.635. The van der Waals surface area contributed by atoms with E-state index < -0.39 is 0 Å². The normalized spacial score (nSPS) is 32.5. The van der Waals surface area contributed by atoms with Crippen LogP contribution in [-0.4, -0.2) is 49.3 Å². The molecule has 2 unspecified atom stereocenters. The van der Waals surface area contributed by atoms with Gasteiger partial charge < -0.3 is 10.1 Å². The van der Waals surface area contributed by atoms with E-state index in [0.717, 1.165) is 32.1 Å². The van der Waals surface area contributed by atoms with E-state index >= 15 is 0 Å². The molecule has 0 bridgehead atoms. The fourth-order valence-electron chi connectivity index (χ4n) is 3.64. The zero-order chi connectivity index (χ0) is 14.8. The van der Waals surface area contributed by atoms with Crippen molar-refractivity contribution in [3.05, 3.63) is 0 Å². The average molecular weight is 282 g/mol.